The van der Waals surface area contributed by atoms with Gasteiger partial charge < -0.3 is 0 Å². The van der Waals surface area contributed by atoms with Crippen LogP contribution in [0.3, 0.4) is 0 Å². The van der Waals surface area contributed by atoms with Gasteiger partial charge in [0, 0.05) is 10.6 Å². The van der Waals surface area contributed by atoms with Gasteiger partial charge in [-0.15, -0.1) is 0 Å². The first-order chi connectivity index (χ1) is 14.3. The number of halogens is 2. The zero-order chi connectivity index (χ0) is 21.7. The van der Waals surface area contributed by atoms with Gasteiger partial charge in [0.15, 0.2) is 0 Å². The maximum absolute atomic E-state index is 12.7. The van der Waals surface area contributed by atoms with E-state index in [0.717, 1.165) is 5.56 Å². The molecule has 3 N–H and O–H groups in total. The summed E-state index contributed by atoms with van der Waals surface area (Å²) in [6.45, 7) is 3.84. The number of hydrogen-bond acceptors (Lipinski definition) is 4. The molecule has 0 aliphatic rings. The standard InChI is InChI=1S/C21H17Cl2N3O3S/c1-14(15-9-11-17(22)12-10-15)24-25-21(27)16-5-4-6-18(13-16)30(28,29)26-20-8-3-2-7-19(20)23/h2-13,24,26H,1H2,(H,25,27). The number of para-hydroxylation sites is 1. The molecule has 0 saturated carbocycles. The van der Waals surface area contributed by atoms with E-state index in [9.17, 15) is 13.2 Å². The van der Waals surface area contributed by atoms with Gasteiger partial charge in [-0.1, -0.05) is 60.1 Å². The Morgan fingerprint density at radius 1 is 0.833 bits per heavy atom. The number of rotatable bonds is 7. The molecular formula is C21H17Cl2N3O3S. The molecule has 3 aromatic carbocycles. The molecule has 0 bridgehead atoms. The highest BCUT2D eigenvalue weighted by atomic mass is 35.5. The van der Waals surface area contributed by atoms with Gasteiger partial charge in [-0.05, 0) is 48.0 Å². The highest BCUT2D eigenvalue weighted by Crippen LogP contribution is 2.24. The Bertz CT molecular complexity index is 1200. The molecule has 1 amide bonds. The molecule has 6 nitrogen and oxygen atoms in total. The molecule has 0 saturated heterocycles. The fourth-order valence-electron chi connectivity index (χ4n) is 2.48. The topological polar surface area (TPSA) is 87.3 Å². The molecule has 9 heteroatoms. The van der Waals surface area contributed by atoms with Crippen LogP contribution in [-0.2, 0) is 10.0 Å². The Kier molecular flexibility index (Phi) is 6.66. The smallest absolute Gasteiger partial charge is 0.269 e. The number of carbonyl (C=O) groups excluding carboxylic acids is 1. The summed E-state index contributed by atoms with van der Waals surface area (Å²) in [6.07, 6.45) is 0. The Labute approximate surface area is 184 Å². The molecule has 3 rings (SSSR count). The van der Waals surface area contributed by atoms with Crippen LogP contribution in [0.5, 0.6) is 0 Å². The molecule has 154 valence electrons. The number of anilines is 1. The lowest BCUT2D eigenvalue weighted by Gasteiger charge is -2.13. The highest BCUT2D eigenvalue weighted by Gasteiger charge is 2.17. The molecule has 0 spiro atoms. The zero-order valence-electron chi connectivity index (χ0n) is 15.5. The number of amides is 1. The molecule has 0 aromatic heterocycles. The van der Waals surface area contributed by atoms with Crippen LogP contribution >= 0.6 is 23.2 Å². The average Bonchev–Trinajstić information content (AvgIpc) is 2.74. The van der Waals surface area contributed by atoms with Gasteiger partial charge in [0.05, 0.1) is 21.3 Å². The van der Waals surface area contributed by atoms with E-state index < -0.39 is 15.9 Å². The van der Waals surface area contributed by atoms with Crippen molar-refractivity contribution in [2.45, 2.75) is 4.90 Å². The minimum atomic E-state index is -3.94. The van der Waals surface area contributed by atoms with E-state index in [1.807, 2.05) is 0 Å². The van der Waals surface area contributed by atoms with Crippen LogP contribution in [0.15, 0.2) is 84.3 Å². The van der Waals surface area contributed by atoms with E-state index >= 15 is 0 Å². The highest BCUT2D eigenvalue weighted by molar-refractivity contribution is 7.92. The fourth-order valence-corrected chi connectivity index (χ4v) is 3.97. The van der Waals surface area contributed by atoms with Crippen molar-refractivity contribution in [3.8, 4) is 0 Å². The monoisotopic (exact) mass is 461 g/mol. The van der Waals surface area contributed by atoms with E-state index in [1.165, 1.54) is 24.3 Å². The number of hydrogen-bond donors (Lipinski definition) is 3. The Balaban J connectivity index is 1.71. The second-order valence-corrected chi connectivity index (χ2v) is 8.70. The average molecular weight is 462 g/mol. The van der Waals surface area contributed by atoms with Crippen molar-refractivity contribution in [1.29, 1.82) is 0 Å². The van der Waals surface area contributed by atoms with E-state index in [4.69, 9.17) is 23.2 Å². The Morgan fingerprint density at radius 2 is 1.53 bits per heavy atom. The molecule has 0 aliphatic carbocycles. The summed E-state index contributed by atoms with van der Waals surface area (Å²) < 4.78 is 27.7. The van der Waals surface area contributed by atoms with Crippen LogP contribution in [0.25, 0.3) is 5.70 Å². The number of hydrazine groups is 1. The van der Waals surface area contributed by atoms with E-state index in [2.05, 4.69) is 22.2 Å². The lowest BCUT2D eigenvalue weighted by Crippen LogP contribution is -2.35. The third kappa shape index (κ3) is 5.33. The predicted octanol–water partition coefficient (Wildman–Crippen LogP) is 4.70. The van der Waals surface area contributed by atoms with E-state index in [-0.39, 0.29) is 21.2 Å². The summed E-state index contributed by atoms with van der Waals surface area (Å²) in [6, 6.07) is 19.0. The summed E-state index contributed by atoms with van der Waals surface area (Å²) in [5.41, 5.74) is 6.77. The number of benzene rings is 3. The number of carbonyl (C=O) groups is 1. The van der Waals surface area contributed by atoms with Gasteiger partial charge in [-0.3, -0.25) is 20.4 Å². The van der Waals surface area contributed by atoms with Crippen LogP contribution in [0.2, 0.25) is 10.0 Å². The van der Waals surface area contributed by atoms with Crippen LogP contribution < -0.4 is 15.6 Å². The van der Waals surface area contributed by atoms with Gasteiger partial charge in [0.2, 0.25) is 0 Å². The Hall–Kier alpha value is -3.00. The summed E-state index contributed by atoms with van der Waals surface area (Å²) >= 11 is 11.9. The quantitative estimate of drug-likeness (QED) is 0.445. The van der Waals surface area contributed by atoms with Crippen LogP contribution in [0, 0.1) is 0 Å². The molecule has 0 fully saturated rings. The van der Waals surface area contributed by atoms with Crippen molar-refractivity contribution < 1.29 is 13.2 Å². The molecule has 0 atom stereocenters. The molecule has 0 unspecified atom stereocenters. The van der Waals surface area contributed by atoms with Crippen LogP contribution in [0.4, 0.5) is 5.69 Å². The van der Waals surface area contributed by atoms with Crippen molar-refractivity contribution in [3.63, 3.8) is 0 Å². The largest absolute Gasteiger partial charge is 0.298 e. The summed E-state index contributed by atoms with van der Waals surface area (Å²) in [4.78, 5) is 12.4. The Morgan fingerprint density at radius 3 is 2.23 bits per heavy atom. The lowest BCUT2D eigenvalue weighted by molar-refractivity contribution is 0.0942. The van der Waals surface area contributed by atoms with Crippen LogP contribution in [-0.4, -0.2) is 14.3 Å². The van der Waals surface area contributed by atoms with E-state index in [0.29, 0.717) is 10.7 Å². The number of sulfonamides is 1. The summed E-state index contributed by atoms with van der Waals surface area (Å²) in [7, 11) is -3.94. The van der Waals surface area contributed by atoms with Crippen molar-refractivity contribution in [2.75, 3.05) is 4.72 Å². The van der Waals surface area contributed by atoms with Crippen molar-refractivity contribution in [3.05, 3.63) is 101 Å². The van der Waals surface area contributed by atoms with Crippen molar-refractivity contribution in [1.82, 2.24) is 10.9 Å². The minimum absolute atomic E-state index is 0.0772. The van der Waals surface area contributed by atoms with Crippen LogP contribution in [0.1, 0.15) is 15.9 Å². The zero-order valence-corrected chi connectivity index (χ0v) is 17.9. The molecular weight excluding hydrogens is 445 g/mol. The summed E-state index contributed by atoms with van der Waals surface area (Å²) in [5.74, 6) is -0.528. The van der Waals surface area contributed by atoms with Gasteiger partial charge in [-0.25, -0.2) is 8.42 Å². The fraction of sp³-hybridized carbons (Fsp3) is 0. The lowest BCUT2D eigenvalue weighted by atomic mass is 10.2. The van der Waals surface area contributed by atoms with Gasteiger partial charge >= 0.3 is 0 Å². The molecule has 0 radical (unpaired) electrons. The predicted molar refractivity (Wildman–Crippen MR) is 120 cm³/mol. The maximum Gasteiger partial charge on any atom is 0.269 e. The van der Waals surface area contributed by atoms with E-state index in [1.54, 1.807) is 48.5 Å². The molecule has 0 heterocycles. The van der Waals surface area contributed by atoms with Crippen molar-refractivity contribution >= 4 is 50.5 Å². The first-order valence-electron chi connectivity index (χ1n) is 8.65. The summed E-state index contributed by atoms with van der Waals surface area (Å²) in [5, 5.41) is 0.846. The third-order valence-corrected chi connectivity index (χ3v) is 5.99. The molecule has 30 heavy (non-hydrogen) atoms. The SMILES string of the molecule is C=C(NNC(=O)c1cccc(S(=O)(=O)Nc2ccccc2Cl)c1)c1ccc(Cl)cc1. The minimum Gasteiger partial charge on any atom is -0.298 e. The third-order valence-electron chi connectivity index (χ3n) is 4.04. The second kappa shape index (κ2) is 9.21. The second-order valence-electron chi connectivity index (χ2n) is 6.18. The van der Waals surface area contributed by atoms with Gasteiger partial charge in [-0.2, -0.15) is 0 Å². The first kappa shape index (κ1) is 21.7. The first-order valence-corrected chi connectivity index (χ1v) is 10.9. The number of nitrogens with one attached hydrogen (secondary N) is 3. The molecule has 0 aliphatic heterocycles. The van der Waals surface area contributed by atoms with Gasteiger partial charge in [0.25, 0.3) is 15.9 Å². The van der Waals surface area contributed by atoms with Crippen molar-refractivity contribution in [2.24, 2.45) is 0 Å². The maximum atomic E-state index is 12.7. The van der Waals surface area contributed by atoms with Gasteiger partial charge in [0.1, 0.15) is 0 Å². The normalized spacial score (nSPS) is 10.9. The molecule has 3 aromatic rings.